The number of amides is 2. The van der Waals surface area contributed by atoms with Gasteiger partial charge in [0.1, 0.15) is 5.54 Å². The number of carbonyl (C=O) groups excluding carboxylic acids is 2. The number of carbonyl (C=O) groups is 2. The maximum absolute atomic E-state index is 11.8. The molecule has 0 spiro atoms. The Labute approximate surface area is 90.0 Å². The van der Waals surface area contributed by atoms with E-state index in [2.05, 4.69) is 5.32 Å². The zero-order valence-corrected chi connectivity index (χ0v) is 9.54. The standard InChI is InChI=1S/C10H19N3O2/c1-7(11)6-8(14)13-5-4-12-9(15)10(13,2)3/h7H,4-6,11H2,1-3H3,(H,12,15). The second kappa shape index (κ2) is 4.18. The molecule has 0 bridgehead atoms. The first kappa shape index (κ1) is 12.0. The summed E-state index contributed by atoms with van der Waals surface area (Å²) in [6.45, 7) is 6.37. The Morgan fingerprint density at radius 1 is 1.67 bits per heavy atom. The van der Waals surface area contributed by atoms with Crippen molar-refractivity contribution in [1.29, 1.82) is 0 Å². The van der Waals surface area contributed by atoms with Crippen LogP contribution >= 0.6 is 0 Å². The van der Waals surface area contributed by atoms with Gasteiger partial charge >= 0.3 is 0 Å². The van der Waals surface area contributed by atoms with Gasteiger partial charge in [0.2, 0.25) is 11.8 Å². The van der Waals surface area contributed by atoms with Crippen molar-refractivity contribution in [2.45, 2.75) is 38.8 Å². The molecular weight excluding hydrogens is 194 g/mol. The Hall–Kier alpha value is -1.10. The predicted molar refractivity (Wildman–Crippen MR) is 57.1 cm³/mol. The van der Waals surface area contributed by atoms with Crippen LogP contribution in [0.2, 0.25) is 0 Å². The van der Waals surface area contributed by atoms with E-state index >= 15 is 0 Å². The van der Waals surface area contributed by atoms with Gasteiger partial charge in [0, 0.05) is 25.6 Å². The van der Waals surface area contributed by atoms with Gasteiger partial charge in [-0.05, 0) is 20.8 Å². The summed E-state index contributed by atoms with van der Waals surface area (Å²) in [5, 5.41) is 2.75. The molecule has 0 aromatic carbocycles. The lowest BCUT2D eigenvalue weighted by Crippen LogP contribution is -2.63. The Morgan fingerprint density at radius 3 is 2.80 bits per heavy atom. The van der Waals surface area contributed by atoms with Gasteiger partial charge in [0.15, 0.2) is 0 Å². The van der Waals surface area contributed by atoms with Crippen molar-refractivity contribution in [1.82, 2.24) is 10.2 Å². The van der Waals surface area contributed by atoms with E-state index in [-0.39, 0.29) is 24.3 Å². The lowest BCUT2D eigenvalue weighted by atomic mass is 9.98. The van der Waals surface area contributed by atoms with Crippen molar-refractivity contribution < 1.29 is 9.59 Å². The summed E-state index contributed by atoms with van der Waals surface area (Å²) in [5.41, 5.74) is 4.82. The average molecular weight is 213 g/mol. The highest BCUT2D eigenvalue weighted by Crippen LogP contribution is 2.18. The quantitative estimate of drug-likeness (QED) is 0.647. The van der Waals surface area contributed by atoms with Gasteiger partial charge in [-0.1, -0.05) is 0 Å². The Kier molecular flexibility index (Phi) is 3.34. The van der Waals surface area contributed by atoms with E-state index in [0.717, 1.165) is 0 Å². The van der Waals surface area contributed by atoms with Crippen LogP contribution in [0.1, 0.15) is 27.2 Å². The van der Waals surface area contributed by atoms with Crippen LogP contribution in [0.3, 0.4) is 0 Å². The van der Waals surface area contributed by atoms with Crippen LogP contribution in [0, 0.1) is 0 Å². The van der Waals surface area contributed by atoms with Crippen LogP contribution in [0.15, 0.2) is 0 Å². The van der Waals surface area contributed by atoms with Gasteiger partial charge < -0.3 is 16.0 Å². The molecule has 0 aromatic rings. The fourth-order valence-electron chi connectivity index (χ4n) is 1.72. The van der Waals surface area contributed by atoms with Crippen molar-refractivity contribution in [3.8, 4) is 0 Å². The van der Waals surface area contributed by atoms with Gasteiger partial charge in [-0.3, -0.25) is 9.59 Å². The van der Waals surface area contributed by atoms with Crippen LogP contribution in [0.5, 0.6) is 0 Å². The molecule has 1 rings (SSSR count). The van der Waals surface area contributed by atoms with Crippen molar-refractivity contribution in [3.05, 3.63) is 0 Å². The Balaban J connectivity index is 2.75. The van der Waals surface area contributed by atoms with E-state index in [4.69, 9.17) is 5.73 Å². The van der Waals surface area contributed by atoms with E-state index < -0.39 is 5.54 Å². The molecule has 1 atom stereocenters. The molecule has 15 heavy (non-hydrogen) atoms. The minimum Gasteiger partial charge on any atom is -0.352 e. The molecule has 86 valence electrons. The third-order valence-electron chi connectivity index (χ3n) is 2.65. The zero-order valence-electron chi connectivity index (χ0n) is 9.54. The minimum absolute atomic E-state index is 0.0511. The van der Waals surface area contributed by atoms with Gasteiger partial charge in [-0.15, -0.1) is 0 Å². The molecule has 1 unspecified atom stereocenters. The zero-order chi connectivity index (χ0) is 11.6. The molecule has 0 aliphatic carbocycles. The van der Waals surface area contributed by atoms with Crippen LogP contribution < -0.4 is 11.1 Å². The second-order valence-corrected chi connectivity index (χ2v) is 4.54. The van der Waals surface area contributed by atoms with Gasteiger partial charge in [0.05, 0.1) is 0 Å². The highest BCUT2D eigenvalue weighted by Gasteiger charge is 2.40. The average Bonchev–Trinajstić information content (AvgIpc) is 2.08. The minimum atomic E-state index is -0.760. The molecule has 3 N–H and O–H groups in total. The molecule has 0 radical (unpaired) electrons. The van der Waals surface area contributed by atoms with E-state index in [0.29, 0.717) is 13.1 Å². The van der Waals surface area contributed by atoms with Crippen LogP contribution in [0.4, 0.5) is 0 Å². The van der Waals surface area contributed by atoms with Gasteiger partial charge in [-0.2, -0.15) is 0 Å². The molecule has 1 aliphatic rings. The van der Waals surface area contributed by atoms with E-state index in [1.54, 1.807) is 25.7 Å². The largest absolute Gasteiger partial charge is 0.352 e. The van der Waals surface area contributed by atoms with E-state index in [1.165, 1.54) is 0 Å². The van der Waals surface area contributed by atoms with Crippen LogP contribution in [-0.2, 0) is 9.59 Å². The first-order chi connectivity index (χ1) is 6.85. The number of piperazine rings is 1. The number of nitrogens with zero attached hydrogens (tertiary/aromatic N) is 1. The normalized spacial score (nSPS) is 22.1. The maximum atomic E-state index is 11.8. The van der Waals surface area contributed by atoms with Crippen LogP contribution in [0.25, 0.3) is 0 Å². The Morgan fingerprint density at radius 2 is 2.27 bits per heavy atom. The summed E-state index contributed by atoms with van der Waals surface area (Å²) in [7, 11) is 0. The molecule has 0 aromatic heterocycles. The van der Waals surface area contributed by atoms with E-state index in [9.17, 15) is 9.59 Å². The molecule has 5 heteroatoms. The second-order valence-electron chi connectivity index (χ2n) is 4.54. The van der Waals surface area contributed by atoms with Crippen molar-refractivity contribution >= 4 is 11.8 Å². The summed E-state index contributed by atoms with van der Waals surface area (Å²) >= 11 is 0. The van der Waals surface area contributed by atoms with E-state index in [1.807, 2.05) is 0 Å². The van der Waals surface area contributed by atoms with Crippen molar-refractivity contribution in [3.63, 3.8) is 0 Å². The summed E-state index contributed by atoms with van der Waals surface area (Å²) in [6.07, 6.45) is 0.288. The summed E-state index contributed by atoms with van der Waals surface area (Å²) in [5.74, 6) is -0.156. The lowest BCUT2D eigenvalue weighted by Gasteiger charge is -2.41. The molecule has 5 nitrogen and oxygen atoms in total. The van der Waals surface area contributed by atoms with Gasteiger partial charge in [-0.25, -0.2) is 0 Å². The lowest BCUT2D eigenvalue weighted by molar-refractivity contribution is -0.149. The SMILES string of the molecule is CC(N)CC(=O)N1CCNC(=O)C1(C)C. The van der Waals surface area contributed by atoms with Crippen molar-refractivity contribution in [2.24, 2.45) is 5.73 Å². The number of hydrogen-bond donors (Lipinski definition) is 2. The fraction of sp³-hybridized carbons (Fsp3) is 0.800. The number of rotatable bonds is 2. The molecule has 1 heterocycles. The molecule has 1 fully saturated rings. The van der Waals surface area contributed by atoms with Crippen LogP contribution in [-0.4, -0.2) is 41.4 Å². The smallest absolute Gasteiger partial charge is 0.245 e. The molecule has 2 amide bonds. The molecule has 0 saturated carbocycles. The topological polar surface area (TPSA) is 75.4 Å². The fourth-order valence-corrected chi connectivity index (χ4v) is 1.72. The third kappa shape index (κ3) is 2.47. The van der Waals surface area contributed by atoms with Gasteiger partial charge in [0.25, 0.3) is 0 Å². The summed E-state index contributed by atoms with van der Waals surface area (Å²) in [4.78, 5) is 25.0. The monoisotopic (exact) mass is 213 g/mol. The Bertz CT molecular complexity index is 274. The first-order valence-electron chi connectivity index (χ1n) is 5.20. The predicted octanol–water partition coefficient (Wildman–Crippen LogP) is -0.539. The summed E-state index contributed by atoms with van der Waals surface area (Å²) in [6, 6.07) is -0.168. The summed E-state index contributed by atoms with van der Waals surface area (Å²) < 4.78 is 0. The third-order valence-corrected chi connectivity index (χ3v) is 2.65. The number of hydrogen-bond acceptors (Lipinski definition) is 3. The molecule has 1 aliphatic heterocycles. The maximum Gasteiger partial charge on any atom is 0.245 e. The molecular formula is C10H19N3O2. The number of nitrogens with two attached hydrogens (primary N) is 1. The highest BCUT2D eigenvalue weighted by molar-refractivity contribution is 5.91. The van der Waals surface area contributed by atoms with Crippen molar-refractivity contribution in [2.75, 3.05) is 13.1 Å². The molecule has 1 saturated heterocycles. The number of nitrogens with one attached hydrogen (secondary N) is 1. The first-order valence-corrected chi connectivity index (χ1v) is 5.20. The highest BCUT2D eigenvalue weighted by atomic mass is 16.2.